The molecular formula is C32H37NO7. The summed E-state index contributed by atoms with van der Waals surface area (Å²) in [6.07, 6.45) is 14.5. The number of ether oxygens (including phenoxy) is 3. The quantitative estimate of drug-likeness (QED) is 0.229. The first kappa shape index (κ1) is 27.7. The van der Waals surface area contributed by atoms with Gasteiger partial charge >= 0.3 is 11.9 Å². The van der Waals surface area contributed by atoms with Gasteiger partial charge in [0, 0.05) is 11.6 Å². The predicted molar refractivity (Wildman–Crippen MR) is 152 cm³/mol. The van der Waals surface area contributed by atoms with Crippen LogP contribution in [-0.2, 0) is 19.1 Å². The maximum Gasteiger partial charge on any atom is 0.317 e. The van der Waals surface area contributed by atoms with Gasteiger partial charge in [0.25, 0.3) is 0 Å². The molecule has 3 aliphatic rings. The van der Waals surface area contributed by atoms with E-state index in [0.29, 0.717) is 31.3 Å². The fourth-order valence-corrected chi connectivity index (χ4v) is 5.56. The number of benzene rings is 2. The van der Waals surface area contributed by atoms with Gasteiger partial charge < -0.3 is 24.4 Å². The van der Waals surface area contributed by atoms with Crippen LogP contribution in [0.4, 0.5) is 0 Å². The molecule has 2 N–H and O–H groups in total. The molecule has 5 rings (SSSR count). The van der Waals surface area contributed by atoms with Crippen molar-refractivity contribution in [2.24, 2.45) is 16.8 Å². The van der Waals surface area contributed by atoms with Crippen LogP contribution in [0.3, 0.4) is 0 Å². The zero-order valence-electron chi connectivity index (χ0n) is 22.7. The van der Waals surface area contributed by atoms with Crippen molar-refractivity contribution in [3.8, 4) is 5.75 Å². The molecule has 0 bridgehead atoms. The van der Waals surface area contributed by atoms with Crippen LogP contribution in [0.2, 0.25) is 0 Å². The lowest BCUT2D eigenvalue weighted by molar-refractivity contribution is -0.154. The van der Waals surface area contributed by atoms with Crippen LogP contribution < -0.4 is 4.74 Å². The third-order valence-corrected chi connectivity index (χ3v) is 7.91. The summed E-state index contributed by atoms with van der Waals surface area (Å²) in [4.78, 5) is 26.7. The van der Waals surface area contributed by atoms with Crippen molar-refractivity contribution in [2.75, 3.05) is 13.2 Å². The van der Waals surface area contributed by atoms with E-state index in [1.54, 1.807) is 0 Å². The number of aliphatic imine (C=N–C) groups is 1. The van der Waals surface area contributed by atoms with Gasteiger partial charge in [0.1, 0.15) is 23.7 Å². The first-order chi connectivity index (χ1) is 19.5. The average molecular weight is 548 g/mol. The Morgan fingerprint density at radius 3 is 2.52 bits per heavy atom. The van der Waals surface area contributed by atoms with Crippen LogP contribution in [-0.4, -0.2) is 53.4 Å². The summed E-state index contributed by atoms with van der Waals surface area (Å²) >= 11 is 0. The van der Waals surface area contributed by atoms with E-state index in [-0.39, 0.29) is 18.6 Å². The van der Waals surface area contributed by atoms with Gasteiger partial charge in [0.15, 0.2) is 5.92 Å². The fraction of sp³-hybridized carbons (Fsp3) is 0.469. The highest BCUT2D eigenvalue weighted by atomic mass is 16.5. The van der Waals surface area contributed by atoms with Crippen molar-refractivity contribution in [1.29, 1.82) is 0 Å². The second kappa shape index (κ2) is 13.0. The molecule has 1 aliphatic heterocycles. The molecule has 2 aromatic rings. The van der Waals surface area contributed by atoms with Gasteiger partial charge in [-0.3, -0.25) is 9.59 Å². The Hall–Kier alpha value is -3.81. The summed E-state index contributed by atoms with van der Waals surface area (Å²) in [6.45, 7) is 1.26. The van der Waals surface area contributed by atoms with Crippen LogP contribution in [0.25, 0.3) is 10.8 Å². The number of carboxylic acids is 2. The van der Waals surface area contributed by atoms with Crippen molar-refractivity contribution in [3.63, 3.8) is 0 Å². The summed E-state index contributed by atoms with van der Waals surface area (Å²) < 4.78 is 18.2. The van der Waals surface area contributed by atoms with E-state index in [9.17, 15) is 9.59 Å². The van der Waals surface area contributed by atoms with Crippen LogP contribution in [0, 0.1) is 11.8 Å². The molecule has 1 fully saturated rings. The molecule has 8 heteroatoms. The number of aliphatic carboxylic acids is 2. The van der Waals surface area contributed by atoms with E-state index in [0.717, 1.165) is 40.9 Å². The largest absolute Gasteiger partial charge is 0.494 e. The van der Waals surface area contributed by atoms with Gasteiger partial charge in [-0.15, -0.1) is 0 Å². The van der Waals surface area contributed by atoms with Crippen molar-refractivity contribution in [3.05, 3.63) is 65.9 Å². The smallest absolute Gasteiger partial charge is 0.317 e. The van der Waals surface area contributed by atoms with Gasteiger partial charge in [0.05, 0.1) is 13.2 Å². The highest BCUT2D eigenvalue weighted by Gasteiger charge is 2.31. The summed E-state index contributed by atoms with van der Waals surface area (Å²) in [5, 5.41) is 20.0. The Bertz CT molecular complexity index is 1290. The maximum absolute atomic E-state index is 11.0. The minimum Gasteiger partial charge on any atom is -0.494 e. The number of hydrogen-bond donors (Lipinski definition) is 2. The second-order valence-electron chi connectivity index (χ2n) is 10.9. The molecular weight excluding hydrogens is 510 g/mol. The fourth-order valence-electron chi connectivity index (χ4n) is 5.56. The number of hydrogen-bond acceptors (Lipinski definition) is 6. The van der Waals surface area contributed by atoms with Gasteiger partial charge in [-0.1, -0.05) is 50.3 Å². The number of fused-ring (bicyclic) bond motifs is 2. The van der Waals surface area contributed by atoms with Gasteiger partial charge in [-0.25, -0.2) is 4.99 Å². The Balaban J connectivity index is 1.10. The number of rotatable bonds is 13. The molecule has 2 aromatic carbocycles. The molecule has 0 saturated heterocycles. The zero-order valence-corrected chi connectivity index (χ0v) is 22.7. The molecule has 2 aliphatic carbocycles. The molecule has 2 atom stereocenters. The van der Waals surface area contributed by atoms with E-state index in [1.165, 1.54) is 32.1 Å². The highest BCUT2D eigenvalue weighted by molar-refractivity contribution is 6.00. The molecule has 8 nitrogen and oxygen atoms in total. The SMILES string of the molecule is O=C(O)C(CCCCCOc1ccc2cc(C3=NC4C=CC(OCC5CCCCC5)=CC4O3)ccc2c1)C(=O)O. The molecule has 0 spiro atoms. The number of carbonyl (C=O) groups is 2. The zero-order chi connectivity index (χ0) is 27.9. The van der Waals surface area contributed by atoms with E-state index < -0.39 is 17.9 Å². The van der Waals surface area contributed by atoms with E-state index in [2.05, 4.69) is 12.1 Å². The normalized spacial score (nSPS) is 20.5. The lowest BCUT2D eigenvalue weighted by Gasteiger charge is -2.23. The maximum atomic E-state index is 11.0. The molecule has 40 heavy (non-hydrogen) atoms. The lowest BCUT2D eigenvalue weighted by Crippen LogP contribution is -2.23. The van der Waals surface area contributed by atoms with Crippen molar-refractivity contribution < 1.29 is 34.0 Å². The van der Waals surface area contributed by atoms with Crippen LogP contribution in [0.5, 0.6) is 5.75 Å². The molecule has 1 saturated carbocycles. The Kier molecular flexibility index (Phi) is 9.04. The number of unbranched alkanes of at least 4 members (excludes halogenated alkanes) is 2. The summed E-state index contributed by atoms with van der Waals surface area (Å²) in [7, 11) is 0. The minimum absolute atomic E-state index is 0.0392. The van der Waals surface area contributed by atoms with E-state index in [1.807, 2.05) is 42.5 Å². The van der Waals surface area contributed by atoms with E-state index >= 15 is 0 Å². The summed E-state index contributed by atoms with van der Waals surface area (Å²) in [6, 6.07) is 12.0. The molecule has 1 heterocycles. The van der Waals surface area contributed by atoms with Crippen molar-refractivity contribution >= 4 is 28.6 Å². The highest BCUT2D eigenvalue weighted by Crippen LogP contribution is 2.29. The lowest BCUT2D eigenvalue weighted by atomic mass is 9.90. The topological polar surface area (TPSA) is 115 Å². The predicted octanol–water partition coefficient (Wildman–Crippen LogP) is 6.13. The second-order valence-corrected chi connectivity index (χ2v) is 10.9. The van der Waals surface area contributed by atoms with Crippen LogP contribution in [0.15, 0.2) is 65.4 Å². The van der Waals surface area contributed by atoms with Gasteiger partial charge in [0.2, 0.25) is 5.90 Å². The minimum atomic E-state index is -1.34. The van der Waals surface area contributed by atoms with E-state index in [4.69, 9.17) is 29.4 Å². The standard InChI is InChI=1S/C32H37NO7/c34-31(35)27(32(36)37)9-5-2-6-16-38-25-13-12-22-17-24(11-10-23(22)18-25)30-33-28-15-14-26(19-29(28)40-30)39-20-21-7-3-1-4-8-21/h10-15,17-19,21,27-29H,1-9,16,20H2,(H,34,35)(H,36,37). The number of allylic oxidation sites excluding steroid dienone is 1. The molecule has 2 unspecified atom stereocenters. The summed E-state index contributed by atoms with van der Waals surface area (Å²) in [5.41, 5.74) is 0.933. The Morgan fingerprint density at radius 1 is 0.950 bits per heavy atom. The Morgan fingerprint density at radius 2 is 1.73 bits per heavy atom. The number of carboxylic acid groups (broad SMARTS) is 2. The van der Waals surface area contributed by atoms with Crippen LogP contribution >= 0.6 is 0 Å². The van der Waals surface area contributed by atoms with Crippen molar-refractivity contribution in [2.45, 2.75) is 69.9 Å². The average Bonchev–Trinajstić information content (AvgIpc) is 3.39. The molecule has 0 radical (unpaired) electrons. The van der Waals surface area contributed by atoms with Gasteiger partial charge in [-0.05, 0) is 72.7 Å². The molecule has 212 valence electrons. The van der Waals surface area contributed by atoms with Crippen LogP contribution in [0.1, 0.15) is 63.4 Å². The third kappa shape index (κ3) is 7.03. The monoisotopic (exact) mass is 547 g/mol. The van der Waals surface area contributed by atoms with Gasteiger partial charge in [-0.2, -0.15) is 0 Å². The Labute approximate surface area is 234 Å². The molecule has 0 aromatic heterocycles. The summed E-state index contributed by atoms with van der Waals surface area (Å²) in [5.74, 6) is -0.990. The first-order valence-electron chi connectivity index (χ1n) is 14.4. The molecule has 0 amide bonds. The first-order valence-corrected chi connectivity index (χ1v) is 14.4. The third-order valence-electron chi connectivity index (χ3n) is 7.91. The van der Waals surface area contributed by atoms with Crippen molar-refractivity contribution in [1.82, 2.24) is 0 Å². The number of nitrogens with zero attached hydrogens (tertiary/aromatic N) is 1.